The summed E-state index contributed by atoms with van der Waals surface area (Å²) in [6.45, 7) is 6.32. The van der Waals surface area contributed by atoms with E-state index in [4.69, 9.17) is 4.18 Å². The van der Waals surface area contributed by atoms with E-state index in [-0.39, 0.29) is 11.7 Å². The standard InChI is InChI=1S/C10H22O3S/c1-4-6-7-8-13-14(11,12)9-10(3)5-2/h10H,4-9H2,1-3H3. The summed E-state index contributed by atoms with van der Waals surface area (Å²) in [6.07, 6.45) is 3.81. The van der Waals surface area contributed by atoms with Crippen LogP contribution in [0.2, 0.25) is 0 Å². The highest BCUT2D eigenvalue weighted by molar-refractivity contribution is 7.86. The molecule has 1 atom stereocenters. The van der Waals surface area contributed by atoms with Crippen LogP contribution in [0.15, 0.2) is 0 Å². The molecule has 0 aromatic heterocycles. The Labute approximate surface area is 88.0 Å². The highest BCUT2D eigenvalue weighted by Gasteiger charge is 2.14. The van der Waals surface area contributed by atoms with Gasteiger partial charge in [-0.2, -0.15) is 8.42 Å². The van der Waals surface area contributed by atoms with Gasteiger partial charge in [-0.05, 0) is 12.3 Å². The van der Waals surface area contributed by atoms with Crippen molar-refractivity contribution in [1.82, 2.24) is 0 Å². The molecule has 0 spiro atoms. The predicted octanol–water partition coefficient (Wildman–Crippen LogP) is 2.57. The van der Waals surface area contributed by atoms with Gasteiger partial charge < -0.3 is 0 Å². The van der Waals surface area contributed by atoms with Crippen molar-refractivity contribution in [2.45, 2.75) is 46.5 Å². The first kappa shape index (κ1) is 13.9. The van der Waals surface area contributed by atoms with Crippen LogP contribution >= 0.6 is 0 Å². The molecular formula is C10H22O3S. The number of unbranched alkanes of at least 4 members (excludes halogenated alkanes) is 2. The highest BCUT2D eigenvalue weighted by atomic mass is 32.2. The van der Waals surface area contributed by atoms with Gasteiger partial charge in [0.15, 0.2) is 0 Å². The van der Waals surface area contributed by atoms with Crippen LogP contribution < -0.4 is 0 Å². The molecule has 4 heteroatoms. The maximum absolute atomic E-state index is 11.3. The Morgan fingerprint density at radius 1 is 1.21 bits per heavy atom. The van der Waals surface area contributed by atoms with Crippen LogP contribution in [0.3, 0.4) is 0 Å². The summed E-state index contributed by atoms with van der Waals surface area (Å²) in [4.78, 5) is 0. The second kappa shape index (κ2) is 7.23. The molecule has 0 heterocycles. The third-order valence-corrected chi connectivity index (χ3v) is 3.70. The molecule has 0 fully saturated rings. The van der Waals surface area contributed by atoms with E-state index in [0.29, 0.717) is 6.61 Å². The molecule has 14 heavy (non-hydrogen) atoms. The summed E-state index contributed by atoms with van der Waals surface area (Å²) in [6, 6.07) is 0. The van der Waals surface area contributed by atoms with Crippen LogP contribution in [0.5, 0.6) is 0 Å². The molecule has 0 aliphatic carbocycles. The topological polar surface area (TPSA) is 43.4 Å². The van der Waals surface area contributed by atoms with Crippen molar-refractivity contribution >= 4 is 10.1 Å². The van der Waals surface area contributed by atoms with E-state index >= 15 is 0 Å². The average molecular weight is 222 g/mol. The van der Waals surface area contributed by atoms with Gasteiger partial charge in [-0.15, -0.1) is 0 Å². The zero-order valence-electron chi connectivity index (χ0n) is 9.45. The van der Waals surface area contributed by atoms with Gasteiger partial charge in [0, 0.05) is 0 Å². The molecule has 86 valence electrons. The number of hydrogen-bond acceptors (Lipinski definition) is 3. The van der Waals surface area contributed by atoms with Gasteiger partial charge in [0.1, 0.15) is 0 Å². The van der Waals surface area contributed by atoms with Gasteiger partial charge in [0.2, 0.25) is 0 Å². The molecule has 0 rings (SSSR count). The molecule has 3 nitrogen and oxygen atoms in total. The monoisotopic (exact) mass is 222 g/mol. The van der Waals surface area contributed by atoms with E-state index in [1.54, 1.807) is 0 Å². The van der Waals surface area contributed by atoms with Crippen LogP contribution in [0.4, 0.5) is 0 Å². The molecule has 0 aromatic carbocycles. The molecule has 0 amide bonds. The second-order valence-corrected chi connectivity index (χ2v) is 5.45. The molecule has 0 bridgehead atoms. The quantitative estimate of drug-likeness (QED) is 0.468. The summed E-state index contributed by atoms with van der Waals surface area (Å²) in [5, 5.41) is 0. The molecule has 0 N–H and O–H groups in total. The van der Waals surface area contributed by atoms with Crippen molar-refractivity contribution in [3.63, 3.8) is 0 Å². The van der Waals surface area contributed by atoms with E-state index < -0.39 is 10.1 Å². The van der Waals surface area contributed by atoms with Crippen LogP contribution in [-0.4, -0.2) is 20.8 Å². The average Bonchev–Trinajstić information content (AvgIpc) is 2.12. The number of rotatable bonds is 8. The van der Waals surface area contributed by atoms with Crippen LogP contribution in [-0.2, 0) is 14.3 Å². The van der Waals surface area contributed by atoms with E-state index in [9.17, 15) is 8.42 Å². The summed E-state index contributed by atoms with van der Waals surface area (Å²) >= 11 is 0. The minimum Gasteiger partial charge on any atom is -0.270 e. The van der Waals surface area contributed by atoms with Crippen molar-refractivity contribution in [2.24, 2.45) is 5.92 Å². The molecule has 0 aliphatic heterocycles. The minimum absolute atomic E-state index is 0.148. The Morgan fingerprint density at radius 3 is 2.36 bits per heavy atom. The summed E-state index contributed by atoms with van der Waals surface area (Å²) in [5.74, 6) is 0.335. The molecule has 0 radical (unpaired) electrons. The van der Waals surface area contributed by atoms with E-state index in [2.05, 4.69) is 6.92 Å². The lowest BCUT2D eigenvalue weighted by molar-refractivity contribution is 0.304. The lowest BCUT2D eigenvalue weighted by atomic mass is 10.2. The normalized spacial score (nSPS) is 14.2. The highest BCUT2D eigenvalue weighted by Crippen LogP contribution is 2.07. The second-order valence-electron chi connectivity index (χ2n) is 3.77. The van der Waals surface area contributed by atoms with Crippen molar-refractivity contribution in [3.05, 3.63) is 0 Å². The Morgan fingerprint density at radius 2 is 1.86 bits per heavy atom. The SMILES string of the molecule is CCCCCOS(=O)(=O)CC(C)CC. The molecule has 1 unspecified atom stereocenters. The minimum atomic E-state index is -3.27. The van der Waals surface area contributed by atoms with E-state index in [1.165, 1.54) is 0 Å². The largest absolute Gasteiger partial charge is 0.270 e. The Kier molecular flexibility index (Phi) is 7.19. The summed E-state index contributed by atoms with van der Waals surface area (Å²) in [5.41, 5.74) is 0. The lowest BCUT2D eigenvalue weighted by Crippen LogP contribution is -2.16. The fourth-order valence-corrected chi connectivity index (χ4v) is 2.45. The van der Waals surface area contributed by atoms with Crippen molar-refractivity contribution in [2.75, 3.05) is 12.4 Å². The van der Waals surface area contributed by atoms with E-state index in [1.807, 2.05) is 13.8 Å². The maximum atomic E-state index is 11.3. The van der Waals surface area contributed by atoms with Crippen molar-refractivity contribution in [3.8, 4) is 0 Å². The third kappa shape index (κ3) is 7.33. The van der Waals surface area contributed by atoms with Gasteiger partial charge in [0.25, 0.3) is 10.1 Å². The van der Waals surface area contributed by atoms with Gasteiger partial charge in [-0.1, -0.05) is 40.0 Å². The molecular weight excluding hydrogens is 200 g/mol. The van der Waals surface area contributed by atoms with E-state index in [0.717, 1.165) is 25.7 Å². The first-order valence-electron chi connectivity index (χ1n) is 5.39. The zero-order valence-corrected chi connectivity index (χ0v) is 10.3. The Bertz CT molecular complexity index is 222. The third-order valence-electron chi connectivity index (χ3n) is 2.20. The molecule has 0 aliphatic rings. The predicted molar refractivity (Wildman–Crippen MR) is 58.7 cm³/mol. The fourth-order valence-electron chi connectivity index (χ4n) is 1.05. The van der Waals surface area contributed by atoms with Gasteiger partial charge >= 0.3 is 0 Å². The summed E-state index contributed by atoms with van der Waals surface area (Å²) < 4.78 is 27.6. The molecule has 0 saturated heterocycles. The summed E-state index contributed by atoms with van der Waals surface area (Å²) in [7, 11) is -3.27. The smallest absolute Gasteiger partial charge is 0.267 e. The van der Waals surface area contributed by atoms with Crippen molar-refractivity contribution in [1.29, 1.82) is 0 Å². The van der Waals surface area contributed by atoms with Crippen LogP contribution in [0.1, 0.15) is 46.5 Å². The zero-order chi connectivity index (χ0) is 11.0. The Balaban J connectivity index is 3.73. The Hall–Kier alpha value is -0.0900. The van der Waals surface area contributed by atoms with Crippen molar-refractivity contribution < 1.29 is 12.6 Å². The van der Waals surface area contributed by atoms with Crippen LogP contribution in [0, 0.1) is 5.92 Å². The first-order chi connectivity index (χ1) is 6.52. The van der Waals surface area contributed by atoms with Gasteiger partial charge in [-0.25, -0.2) is 0 Å². The first-order valence-corrected chi connectivity index (χ1v) is 6.96. The number of hydrogen-bond donors (Lipinski definition) is 0. The maximum Gasteiger partial charge on any atom is 0.267 e. The van der Waals surface area contributed by atoms with Crippen LogP contribution in [0.25, 0.3) is 0 Å². The molecule has 0 saturated carbocycles. The van der Waals surface area contributed by atoms with Gasteiger partial charge in [-0.3, -0.25) is 4.18 Å². The fraction of sp³-hybridized carbons (Fsp3) is 1.00. The van der Waals surface area contributed by atoms with Gasteiger partial charge in [0.05, 0.1) is 12.4 Å². The lowest BCUT2D eigenvalue weighted by Gasteiger charge is -2.09. The molecule has 0 aromatic rings.